The summed E-state index contributed by atoms with van der Waals surface area (Å²) in [5.41, 5.74) is 4.39. The van der Waals surface area contributed by atoms with Gasteiger partial charge in [0.1, 0.15) is 17.8 Å². The molecule has 0 radical (unpaired) electrons. The van der Waals surface area contributed by atoms with E-state index < -0.39 is 0 Å². The Balaban J connectivity index is 1.41. The van der Waals surface area contributed by atoms with Gasteiger partial charge in [-0.25, -0.2) is 9.97 Å². The van der Waals surface area contributed by atoms with Crippen molar-refractivity contribution in [2.24, 2.45) is 0 Å². The normalized spacial score (nSPS) is 18.2. The van der Waals surface area contributed by atoms with E-state index >= 15 is 0 Å². The predicted molar refractivity (Wildman–Crippen MR) is 116 cm³/mol. The maximum atomic E-state index is 13.0. The van der Waals surface area contributed by atoms with Crippen LogP contribution in [0.1, 0.15) is 21.6 Å². The van der Waals surface area contributed by atoms with Crippen molar-refractivity contribution in [1.82, 2.24) is 19.8 Å². The first kappa shape index (κ1) is 19.6. The maximum absolute atomic E-state index is 13.0. The number of hydrogen-bond donors (Lipinski definition) is 0. The molecule has 4 rings (SSSR count). The fourth-order valence-corrected chi connectivity index (χ4v) is 4.06. The predicted octanol–water partition coefficient (Wildman–Crippen LogP) is 1.81. The van der Waals surface area contributed by atoms with Gasteiger partial charge in [-0.2, -0.15) is 0 Å². The van der Waals surface area contributed by atoms with Gasteiger partial charge in [0, 0.05) is 64.1 Å². The van der Waals surface area contributed by atoms with E-state index in [1.54, 1.807) is 0 Å². The summed E-state index contributed by atoms with van der Waals surface area (Å²) >= 11 is 0. The van der Waals surface area contributed by atoms with E-state index in [4.69, 9.17) is 0 Å². The number of carbonyl (C=O) groups is 1. The zero-order valence-electron chi connectivity index (χ0n) is 17.6. The molecule has 7 heteroatoms. The van der Waals surface area contributed by atoms with Gasteiger partial charge in [-0.3, -0.25) is 4.79 Å². The minimum absolute atomic E-state index is 0.00314. The molecule has 0 spiro atoms. The third kappa shape index (κ3) is 4.19. The first-order valence-electron chi connectivity index (χ1n) is 10.4. The smallest absolute Gasteiger partial charge is 0.272 e. The van der Waals surface area contributed by atoms with Crippen molar-refractivity contribution in [2.45, 2.75) is 13.8 Å². The van der Waals surface area contributed by atoms with Gasteiger partial charge in [-0.15, -0.1) is 0 Å². The van der Waals surface area contributed by atoms with Gasteiger partial charge < -0.3 is 19.6 Å². The molecule has 2 saturated heterocycles. The van der Waals surface area contributed by atoms with E-state index in [2.05, 4.69) is 63.8 Å². The molecule has 1 aromatic heterocycles. The lowest BCUT2D eigenvalue weighted by Crippen LogP contribution is -2.49. The van der Waals surface area contributed by atoms with E-state index in [1.807, 2.05) is 11.0 Å². The Morgan fingerprint density at radius 2 is 1.59 bits per heavy atom. The average Bonchev–Trinajstić information content (AvgIpc) is 2.76. The quantitative estimate of drug-likeness (QED) is 0.791. The van der Waals surface area contributed by atoms with Crippen molar-refractivity contribution < 1.29 is 4.79 Å². The number of nitrogens with zero attached hydrogens (tertiary/aromatic N) is 6. The molecule has 1 aromatic carbocycles. The van der Waals surface area contributed by atoms with Crippen LogP contribution in [0.4, 0.5) is 11.5 Å². The number of hydrogen-bond acceptors (Lipinski definition) is 6. The number of piperazine rings is 2. The molecule has 2 aromatic rings. The summed E-state index contributed by atoms with van der Waals surface area (Å²) in [7, 11) is 2.13. The zero-order chi connectivity index (χ0) is 20.4. The highest BCUT2D eigenvalue weighted by Crippen LogP contribution is 2.24. The SMILES string of the molecule is Cc1cccc(N2CCN(C(=O)c3cc(N4CCN(C)CC4)ncn3)CC2)c1C. The van der Waals surface area contributed by atoms with Crippen LogP contribution in [0.25, 0.3) is 0 Å². The number of aryl methyl sites for hydroxylation is 1. The third-order valence-corrected chi connectivity index (χ3v) is 6.18. The van der Waals surface area contributed by atoms with Crippen molar-refractivity contribution in [2.75, 3.05) is 69.2 Å². The Hall–Kier alpha value is -2.67. The monoisotopic (exact) mass is 394 g/mol. The molecule has 29 heavy (non-hydrogen) atoms. The second kappa shape index (κ2) is 8.37. The maximum Gasteiger partial charge on any atom is 0.272 e. The molecule has 0 atom stereocenters. The van der Waals surface area contributed by atoms with Crippen LogP contribution in [0.5, 0.6) is 0 Å². The zero-order valence-corrected chi connectivity index (χ0v) is 17.6. The van der Waals surface area contributed by atoms with Crippen LogP contribution in [0.15, 0.2) is 30.6 Å². The van der Waals surface area contributed by atoms with Crippen LogP contribution in [-0.4, -0.2) is 85.1 Å². The summed E-state index contributed by atoms with van der Waals surface area (Å²) in [4.78, 5) is 30.5. The van der Waals surface area contributed by atoms with Crippen LogP contribution in [0, 0.1) is 13.8 Å². The average molecular weight is 395 g/mol. The van der Waals surface area contributed by atoms with Gasteiger partial charge in [-0.05, 0) is 38.1 Å². The highest BCUT2D eigenvalue weighted by Gasteiger charge is 2.25. The molecule has 2 aliphatic rings. The Morgan fingerprint density at radius 1 is 0.897 bits per heavy atom. The number of carbonyl (C=O) groups excluding carboxylic acids is 1. The first-order valence-corrected chi connectivity index (χ1v) is 10.4. The number of aromatic nitrogens is 2. The van der Waals surface area contributed by atoms with E-state index in [0.29, 0.717) is 18.8 Å². The van der Waals surface area contributed by atoms with Gasteiger partial charge >= 0.3 is 0 Å². The number of likely N-dealkylation sites (N-methyl/N-ethyl adjacent to an activating group) is 1. The number of rotatable bonds is 3. The van der Waals surface area contributed by atoms with E-state index in [0.717, 1.165) is 45.1 Å². The minimum atomic E-state index is 0.00314. The van der Waals surface area contributed by atoms with Crippen LogP contribution in [0.2, 0.25) is 0 Å². The molecule has 1 amide bonds. The summed E-state index contributed by atoms with van der Waals surface area (Å²) in [6.45, 7) is 11.3. The summed E-state index contributed by atoms with van der Waals surface area (Å²) in [5, 5.41) is 0. The topological polar surface area (TPSA) is 55.8 Å². The molecular weight excluding hydrogens is 364 g/mol. The van der Waals surface area contributed by atoms with Crippen molar-refractivity contribution in [1.29, 1.82) is 0 Å². The number of benzene rings is 1. The lowest BCUT2D eigenvalue weighted by Gasteiger charge is -2.37. The van der Waals surface area contributed by atoms with Crippen LogP contribution in [-0.2, 0) is 0 Å². The summed E-state index contributed by atoms with van der Waals surface area (Å²) in [5.74, 6) is 0.855. The molecule has 0 unspecified atom stereocenters. The third-order valence-electron chi connectivity index (χ3n) is 6.18. The lowest BCUT2D eigenvalue weighted by molar-refractivity contribution is 0.0740. The van der Waals surface area contributed by atoms with E-state index in [1.165, 1.54) is 23.1 Å². The molecule has 0 aliphatic carbocycles. The van der Waals surface area contributed by atoms with Crippen LogP contribution >= 0.6 is 0 Å². The lowest BCUT2D eigenvalue weighted by atomic mass is 10.1. The Labute approximate surface area is 172 Å². The van der Waals surface area contributed by atoms with Crippen molar-refractivity contribution in [3.63, 3.8) is 0 Å². The molecule has 154 valence electrons. The fraction of sp³-hybridized carbons (Fsp3) is 0.500. The molecule has 3 heterocycles. The molecule has 2 aliphatic heterocycles. The highest BCUT2D eigenvalue weighted by atomic mass is 16.2. The molecule has 7 nitrogen and oxygen atoms in total. The van der Waals surface area contributed by atoms with E-state index in [-0.39, 0.29) is 5.91 Å². The van der Waals surface area contributed by atoms with Crippen molar-refractivity contribution >= 4 is 17.4 Å². The molecule has 0 bridgehead atoms. The van der Waals surface area contributed by atoms with Gasteiger partial charge in [0.2, 0.25) is 0 Å². The van der Waals surface area contributed by atoms with Gasteiger partial charge in [0.05, 0.1) is 0 Å². The Kier molecular flexibility index (Phi) is 5.67. The fourth-order valence-electron chi connectivity index (χ4n) is 4.06. The van der Waals surface area contributed by atoms with Crippen molar-refractivity contribution in [3.05, 3.63) is 47.4 Å². The first-order chi connectivity index (χ1) is 14.0. The largest absolute Gasteiger partial charge is 0.368 e. The second-order valence-corrected chi connectivity index (χ2v) is 8.05. The molecule has 0 N–H and O–H groups in total. The summed E-state index contributed by atoms with van der Waals surface area (Å²) in [6.07, 6.45) is 1.52. The minimum Gasteiger partial charge on any atom is -0.368 e. The molecule has 0 saturated carbocycles. The highest BCUT2D eigenvalue weighted by molar-refractivity contribution is 5.93. The van der Waals surface area contributed by atoms with Crippen LogP contribution in [0.3, 0.4) is 0 Å². The standard InChI is InChI=1S/C22H30N6O/c1-17-5-4-6-20(18(17)2)26-11-13-28(14-12-26)22(29)19-15-21(24-16-23-19)27-9-7-25(3)8-10-27/h4-6,15-16H,7-14H2,1-3H3. The Bertz CT molecular complexity index is 869. The van der Waals surface area contributed by atoms with Crippen molar-refractivity contribution in [3.8, 4) is 0 Å². The Morgan fingerprint density at radius 3 is 2.31 bits per heavy atom. The summed E-state index contributed by atoms with van der Waals surface area (Å²) in [6, 6.07) is 8.28. The van der Waals surface area contributed by atoms with Crippen LogP contribution < -0.4 is 9.80 Å². The molecule has 2 fully saturated rings. The molecular formula is C22H30N6O. The van der Waals surface area contributed by atoms with E-state index in [9.17, 15) is 4.79 Å². The van der Waals surface area contributed by atoms with Gasteiger partial charge in [-0.1, -0.05) is 12.1 Å². The number of anilines is 2. The van der Waals surface area contributed by atoms with Gasteiger partial charge in [0.25, 0.3) is 5.91 Å². The van der Waals surface area contributed by atoms with Gasteiger partial charge in [0.15, 0.2) is 0 Å². The second-order valence-electron chi connectivity index (χ2n) is 8.05. The summed E-state index contributed by atoms with van der Waals surface area (Å²) < 4.78 is 0. The number of amides is 1.